The van der Waals surface area contributed by atoms with E-state index in [0.717, 1.165) is 77.6 Å². The molecule has 12 nitrogen and oxygen atoms in total. The molecule has 250 valence electrons. The monoisotopic (exact) mass is 705 g/mol. The van der Waals surface area contributed by atoms with Gasteiger partial charge in [0.25, 0.3) is 0 Å². The minimum atomic E-state index is -0.697. The Balaban J connectivity index is 1.00. The van der Waals surface area contributed by atoms with Gasteiger partial charge in [-0.05, 0) is 90.4 Å². The third-order valence-electron chi connectivity index (χ3n) is 10.4. The van der Waals surface area contributed by atoms with Crippen molar-refractivity contribution in [1.29, 1.82) is 0 Å². The number of hydrogen-bond donors (Lipinski definition) is 4. The number of aromatic amines is 1. The van der Waals surface area contributed by atoms with Gasteiger partial charge < -0.3 is 30.7 Å². The van der Waals surface area contributed by atoms with Crippen LogP contribution in [0.15, 0.2) is 47.1 Å². The van der Waals surface area contributed by atoms with Crippen LogP contribution in [0, 0.1) is 0 Å². The Labute approximate surface area is 283 Å². The van der Waals surface area contributed by atoms with Crippen LogP contribution in [0.25, 0.3) is 10.9 Å². The van der Waals surface area contributed by atoms with E-state index in [9.17, 15) is 14.4 Å². The highest BCUT2D eigenvalue weighted by Gasteiger charge is 2.35. The smallest absolute Gasteiger partial charge is 0.322 e. The van der Waals surface area contributed by atoms with Gasteiger partial charge in [-0.2, -0.15) is 5.10 Å². The lowest BCUT2D eigenvalue weighted by atomic mass is 10.0. The first-order chi connectivity index (χ1) is 22.9. The number of piperidine rings is 2. The zero-order chi connectivity index (χ0) is 32.3. The molecule has 7 rings (SSSR count). The second-order valence-electron chi connectivity index (χ2n) is 13.2. The van der Waals surface area contributed by atoms with Crippen LogP contribution in [-0.4, -0.2) is 125 Å². The molecule has 5 amide bonds. The molecule has 0 radical (unpaired) electrons. The van der Waals surface area contributed by atoms with Crippen LogP contribution < -0.4 is 16.0 Å². The number of amides is 5. The number of carbonyl (C=O) groups is 3. The molecule has 1 atom stereocenters. The van der Waals surface area contributed by atoms with Crippen LogP contribution in [-0.2, 0) is 17.6 Å². The minimum Gasteiger partial charge on any atom is -0.338 e. The molecule has 4 aliphatic heterocycles. The third kappa shape index (κ3) is 7.12. The van der Waals surface area contributed by atoms with Gasteiger partial charge in [0.05, 0.1) is 11.7 Å². The molecular weight excluding hydrogens is 662 g/mol. The van der Waals surface area contributed by atoms with Crippen LogP contribution >= 0.6 is 15.9 Å². The number of piperazine rings is 1. The maximum absolute atomic E-state index is 14.1. The summed E-state index contributed by atoms with van der Waals surface area (Å²) in [6, 6.07) is 11.6. The Morgan fingerprint density at radius 3 is 2.49 bits per heavy atom. The Kier molecular flexibility index (Phi) is 9.64. The second-order valence-corrected chi connectivity index (χ2v) is 14.1. The van der Waals surface area contributed by atoms with Gasteiger partial charge >= 0.3 is 12.1 Å². The zero-order valence-electron chi connectivity index (χ0n) is 26.7. The van der Waals surface area contributed by atoms with Gasteiger partial charge in [-0.3, -0.25) is 14.8 Å². The summed E-state index contributed by atoms with van der Waals surface area (Å²) in [4.78, 5) is 49.1. The van der Waals surface area contributed by atoms with Crippen LogP contribution in [0.2, 0.25) is 0 Å². The Bertz CT molecular complexity index is 1590. The summed E-state index contributed by atoms with van der Waals surface area (Å²) in [5.41, 5.74) is 3.87. The molecule has 4 aliphatic rings. The number of para-hydroxylation sites is 1. The molecule has 13 heteroatoms. The molecule has 4 N–H and O–H groups in total. The number of halogens is 1. The summed E-state index contributed by atoms with van der Waals surface area (Å²) in [5.74, 6) is -0.0394. The first-order valence-corrected chi connectivity index (χ1v) is 17.8. The van der Waals surface area contributed by atoms with Crippen LogP contribution in [0.1, 0.15) is 36.8 Å². The second kappa shape index (κ2) is 14.2. The van der Waals surface area contributed by atoms with E-state index in [1.165, 1.54) is 0 Å². The zero-order valence-corrected chi connectivity index (χ0v) is 28.3. The summed E-state index contributed by atoms with van der Waals surface area (Å²) in [7, 11) is 0. The van der Waals surface area contributed by atoms with Crippen molar-refractivity contribution in [3.63, 3.8) is 0 Å². The van der Waals surface area contributed by atoms with Gasteiger partial charge in [0.15, 0.2) is 0 Å². The van der Waals surface area contributed by atoms with Crippen molar-refractivity contribution in [2.75, 3.05) is 64.2 Å². The fourth-order valence-corrected chi connectivity index (χ4v) is 8.30. The first kappa shape index (κ1) is 31.9. The Hall–Kier alpha value is -3.68. The van der Waals surface area contributed by atoms with Crippen molar-refractivity contribution in [3.8, 4) is 0 Å². The van der Waals surface area contributed by atoms with E-state index in [1.54, 1.807) is 11.1 Å². The number of H-pyrrole nitrogens is 1. The van der Waals surface area contributed by atoms with Gasteiger partial charge in [-0.15, -0.1) is 0 Å². The summed E-state index contributed by atoms with van der Waals surface area (Å²) < 4.78 is 0.873. The molecule has 1 unspecified atom stereocenters. The van der Waals surface area contributed by atoms with Crippen LogP contribution in [0.3, 0.4) is 0 Å². The third-order valence-corrected chi connectivity index (χ3v) is 11.0. The summed E-state index contributed by atoms with van der Waals surface area (Å²) >= 11 is 3.64. The normalized spacial score (nSPS) is 20.9. The predicted octanol–water partition coefficient (Wildman–Crippen LogP) is 3.40. The quantitative estimate of drug-likeness (QED) is 0.311. The number of carbonyl (C=O) groups excluding carboxylic acids is 3. The molecule has 0 saturated carbocycles. The number of fused-ring (bicyclic) bond motifs is 2. The van der Waals surface area contributed by atoms with Gasteiger partial charge in [0.1, 0.15) is 6.04 Å². The van der Waals surface area contributed by atoms with Crippen molar-refractivity contribution < 1.29 is 14.4 Å². The van der Waals surface area contributed by atoms with Crippen LogP contribution in [0.5, 0.6) is 0 Å². The number of nitrogens with zero attached hydrogens (tertiary/aromatic N) is 5. The van der Waals surface area contributed by atoms with E-state index in [0.29, 0.717) is 58.0 Å². The maximum atomic E-state index is 14.1. The van der Waals surface area contributed by atoms with Gasteiger partial charge in [0, 0.05) is 79.9 Å². The van der Waals surface area contributed by atoms with Crippen LogP contribution in [0.4, 0.5) is 15.3 Å². The van der Waals surface area contributed by atoms with E-state index in [4.69, 9.17) is 0 Å². The SMILES string of the molecule is O=C(NC(Cc1cc(Br)c2[nH]ncc2c1)C(=O)N1CCN(C2CCNCC2)CC1)N1CCC(N2CCc3ccccc3NC2=O)CC1. The fourth-order valence-electron chi connectivity index (χ4n) is 7.68. The standard InChI is InChI=1S/C34H44BrN9O3/c35-28-20-23(19-25-22-37-40-31(25)28)21-30(32(45)42-17-15-41(16-18-42)26-5-10-36-11-6-26)39-33(46)43-12-8-27(9-13-43)44-14-7-24-3-1-2-4-29(24)38-34(44)47/h1-4,19-20,22,26-27,30,36H,5-18,21H2,(H,37,40)(H,38,47)(H,39,46). The van der Waals surface area contributed by atoms with E-state index < -0.39 is 6.04 Å². The summed E-state index contributed by atoms with van der Waals surface area (Å²) in [5, 5.41) is 17.8. The average molecular weight is 707 g/mol. The number of likely N-dealkylation sites (tertiary alicyclic amines) is 1. The lowest BCUT2D eigenvalue weighted by Gasteiger charge is -2.42. The number of nitrogens with one attached hydrogen (secondary N) is 4. The summed E-state index contributed by atoms with van der Waals surface area (Å²) in [6.07, 6.45) is 6.62. The summed E-state index contributed by atoms with van der Waals surface area (Å²) in [6.45, 7) is 6.82. The van der Waals surface area contributed by atoms with Gasteiger partial charge in [-0.1, -0.05) is 18.2 Å². The predicted molar refractivity (Wildman–Crippen MR) is 184 cm³/mol. The highest BCUT2D eigenvalue weighted by atomic mass is 79.9. The molecule has 0 bridgehead atoms. The molecule has 47 heavy (non-hydrogen) atoms. The van der Waals surface area contributed by atoms with E-state index in [2.05, 4.69) is 53.0 Å². The van der Waals surface area contributed by atoms with Crippen molar-refractivity contribution >= 4 is 50.5 Å². The van der Waals surface area contributed by atoms with Crippen molar-refractivity contribution in [3.05, 3.63) is 58.2 Å². The highest BCUT2D eigenvalue weighted by Crippen LogP contribution is 2.27. The Morgan fingerprint density at radius 1 is 0.936 bits per heavy atom. The first-order valence-electron chi connectivity index (χ1n) is 17.0. The molecule has 5 heterocycles. The van der Waals surface area contributed by atoms with Gasteiger partial charge in [-0.25, -0.2) is 9.59 Å². The number of rotatable bonds is 6. The van der Waals surface area contributed by atoms with E-state index >= 15 is 0 Å². The van der Waals surface area contributed by atoms with Gasteiger partial charge in [0.2, 0.25) is 5.91 Å². The molecule has 3 saturated heterocycles. The van der Waals surface area contributed by atoms with E-state index in [1.807, 2.05) is 40.1 Å². The van der Waals surface area contributed by atoms with E-state index in [-0.39, 0.29) is 24.0 Å². The molecule has 1 aromatic heterocycles. The average Bonchev–Trinajstić information content (AvgIpc) is 3.52. The molecule has 3 fully saturated rings. The van der Waals surface area contributed by atoms with Crippen molar-refractivity contribution in [2.24, 2.45) is 0 Å². The highest BCUT2D eigenvalue weighted by molar-refractivity contribution is 9.10. The lowest BCUT2D eigenvalue weighted by Crippen LogP contribution is -2.59. The largest absolute Gasteiger partial charge is 0.338 e. The maximum Gasteiger partial charge on any atom is 0.322 e. The molecule has 0 aliphatic carbocycles. The number of urea groups is 2. The Morgan fingerprint density at radius 2 is 1.70 bits per heavy atom. The van der Waals surface area contributed by atoms with Crippen molar-refractivity contribution in [2.45, 2.75) is 56.7 Å². The number of hydrogen-bond acceptors (Lipinski definition) is 6. The number of benzene rings is 2. The molecule has 2 aromatic carbocycles. The fraction of sp³-hybridized carbons (Fsp3) is 0.529. The topological polar surface area (TPSA) is 129 Å². The molecular formula is C34H44BrN9O3. The minimum absolute atomic E-state index is 0.0394. The number of aromatic nitrogens is 2. The number of anilines is 1. The molecule has 0 spiro atoms. The molecule has 3 aromatic rings. The van der Waals surface area contributed by atoms with Crippen molar-refractivity contribution in [1.82, 2.24) is 40.4 Å². The lowest BCUT2D eigenvalue weighted by molar-refractivity contribution is -0.135.